The Balaban J connectivity index is 2.30. The second-order valence-electron chi connectivity index (χ2n) is 4.37. The fourth-order valence-corrected chi connectivity index (χ4v) is 2.64. The van der Waals surface area contributed by atoms with Gasteiger partial charge < -0.3 is 10.1 Å². The summed E-state index contributed by atoms with van der Waals surface area (Å²) in [5.74, 6) is -0.154. The second-order valence-corrected chi connectivity index (χ2v) is 5.40. The summed E-state index contributed by atoms with van der Waals surface area (Å²) in [5, 5.41) is 3.90. The maximum absolute atomic E-state index is 11.7. The van der Waals surface area contributed by atoms with Crippen molar-refractivity contribution in [2.45, 2.75) is 19.8 Å². The Morgan fingerprint density at radius 1 is 1.32 bits per heavy atom. The molecule has 0 amide bonds. The summed E-state index contributed by atoms with van der Waals surface area (Å²) >= 11 is 1.48. The summed E-state index contributed by atoms with van der Waals surface area (Å²) < 4.78 is 4.77. The lowest BCUT2D eigenvalue weighted by Gasteiger charge is -2.02. The molecule has 2 aromatic rings. The molecule has 1 aromatic heterocycles. The van der Waals surface area contributed by atoms with Gasteiger partial charge in [-0.15, -0.1) is 11.3 Å². The number of anilines is 2. The topological polar surface area (TPSA) is 51.2 Å². The predicted molar refractivity (Wildman–Crippen MR) is 77.3 cm³/mol. The minimum absolute atomic E-state index is 0.234. The zero-order valence-electron chi connectivity index (χ0n) is 11.1. The van der Waals surface area contributed by atoms with Crippen LogP contribution in [0.1, 0.15) is 35.1 Å². The zero-order valence-corrected chi connectivity index (χ0v) is 12.0. The van der Waals surface area contributed by atoms with E-state index in [0.717, 1.165) is 10.6 Å². The van der Waals surface area contributed by atoms with Crippen LogP contribution in [0, 0.1) is 0 Å². The lowest BCUT2D eigenvalue weighted by molar-refractivity contribution is 0.0593. The van der Waals surface area contributed by atoms with Gasteiger partial charge in [0.1, 0.15) is 0 Å². The first-order chi connectivity index (χ1) is 9.11. The molecule has 19 heavy (non-hydrogen) atoms. The van der Waals surface area contributed by atoms with Gasteiger partial charge in [-0.1, -0.05) is 32.0 Å². The average molecular weight is 276 g/mol. The van der Waals surface area contributed by atoms with E-state index >= 15 is 0 Å². The van der Waals surface area contributed by atoms with Gasteiger partial charge in [0, 0.05) is 10.6 Å². The van der Waals surface area contributed by atoms with E-state index < -0.39 is 0 Å². The van der Waals surface area contributed by atoms with Gasteiger partial charge in [0.05, 0.1) is 7.11 Å². The van der Waals surface area contributed by atoms with Crippen LogP contribution in [-0.4, -0.2) is 18.1 Å². The van der Waals surface area contributed by atoms with Crippen LogP contribution < -0.4 is 5.32 Å². The minimum atomic E-state index is -0.388. The van der Waals surface area contributed by atoms with Gasteiger partial charge in [0.2, 0.25) is 0 Å². The zero-order chi connectivity index (χ0) is 13.8. The van der Waals surface area contributed by atoms with Crippen molar-refractivity contribution in [3.05, 3.63) is 40.9 Å². The van der Waals surface area contributed by atoms with E-state index in [1.807, 2.05) is 44.2 Å². The molecule has 4 nitrogen and oxygen atoms in total. The van der Waals surface area contributed by atoms with Crippen molar-refractivity contribution in [3.63, 3.8) is 0 Å². The SMILES string of the molecule is COC(=O)c1nc(Nc2ccccc2)sc1C(C)C. The third-order valence-corrected chi connectivity index (χ3v) is 3.85. The number of hydrogen-bond acceptors (Lipinski definition) is 5. The number of esters is 1. The van der Waals surface area contributed by atoms with Crippen LogP contribution >= 0.6 is 11.3 Å². The quantitative estimate of drug-likeness (QED) is 0.863. The summed E-state index contributed by atoms with van der Waals surface area (Å²) in [4.78, 5) is 17.0. The van der Waals surface area contributed by atoms with Gasteiger partial charge >= 0.3 is 5.97 Å². The molecule has 0 aliphatic heterocycles. The van der Waals surface area contributed by atoms with E-state index in [1.54, 1.807) is 0 Å². The van der Waals surface area contributed by atoms with Crippen molar-refractivity contribution in [2.24, 2.45) is 0 Å². The van der Waals surface area contributed by atoms with E-state index in [4.69, 9.17) is 4.74 Å². The highest BCUT2D eigenvalue weighted by atomic mass is 32.1. The Labute approximate surface area is 116 Å². The monoisotopic (exact) mass is 276 g/mol. The summed E-state index contributed by atoms with van der Waals surface area (Å²) in [6.07, 6.45) is 0. The molecule has 0 saturated carbocycles. The molecule has 0 spiro atoms. The molecule has 5 heteroatoms. The standard InChI is InChI=1S/C14H16N2O2S/c1-9(2)12-11(13(17)18-3)16-14(19-12)15-10-7-5-4-6-8-10/h4-9H,1-3H3,(H,15,16). The molecule has 1 heterocycles. The first-order valence-corrected chi connectivity index (χ1v) is 6.84. The van der Waals surface area contributed by atoms with Crippen molar-refractivity contribution in [1.29, 1.82) is 0 Å². The van der Waals surface area contributed by atoms with Crippen molar-refractivity contribution in [3.8, 4) is 0 Å². The van der Waals surface area contributed by atoms with Crippen LogP contribution in [0.5, 0.6) is 0 Å². The van der Waals surface area contributed by atoms with Crippen LogP contribution in [0.3, 0.4) is 0 Å². The largest absolute Gasteiger partial charge is 0.464 e. The highest BCUT2D eigenvalue weighted by Crippen LogP contribution is 2.31. The maximum atomic E-state index is 11.7. The number of rotatable bonds is 4. The molecule has 0 saturated heterocycles. The lowest BCUT2D eigenvalue weighted by atomic mass is 10.1. The highest BCUT2D eigenvalue weighted by molar-refractivity contribution is 7.16. The molecule has 1 N–H and O–H groups in total. The van der Waals surface area contributed by atoms with E-state index in [-0.39, 0.29) is 11.9 Å². The molecule has 0 bridgehead atoms. The van der Waals surface area contributed by atoms with E-state index in [9.17, 15) is 4.79 Å². The fraction of sp³-hybridized carbons (Fsp3) is 0.286. The van der Waals surface area contributed by atoms with Gasteiger partial charge in [-0.05, 0) is 18.1 Å². The first-order valence-electron chi connectivity index (χ1n) is 6.03. The average Bonchev–Trinajstić information content (AvgIpc) is 2.83. The summed E-state index contributed by atoms with van der Waals surface area (Å²) in [6, 6.07) is 9.75. The number of hydrogen-bond donors (Lipinski definition) is 1. The second kappa shape index (κ2) is 5.84. The smallest absolute Gasteiger partial charge is 0.357 e. The number of para-hydroxylation sites is 1. The van der Waals surface area contributed by atoms with Gasteiger partial charge in [-0.3, -0.25) is 0 Å². The Bertz CT molecular complexity index is 564. The highest BCUT2D eigenvalue weighted by Gasteiger charge is 2.20. The van der Waals surface area contributed by atoms with E-state index in [2.05, 4.69) is 10.3 Å². The number of nitrogens with one attached hydrogen (secondary N) is 1. The number of carbonyl (C=O) groups is 1. The summed E-state index contributed by atoms with van der Waals surface area (Å²) in [7, 11) is 1.37. The number of ether oxygens (including phenoxy) is 1. The van der Waals surface area contributed by atoms with Gasteiger partial charge in [-0.25, -0.2) is 9.78 Å². The molecule has 1 aromatic carbocycles. The Morgan fingerprint density at radius 2 is 2.00 bits per heavy atom. The van der Waals surface area contributed by atoms with Gasteiger partial charge in [0.15, 0.2) is 10.8 Å². The summed E-state index contributed by atoms with van der Waals surface area (Å²) in [6.45, 7) is 4.07. The molecule has 100 valence electrons. The third kappa shape index (κ3) is 3.12. The van der Waals surface area contributed by atoms with Crippen LogP contribution in [0.25, 0.3) is 0 Å². The number of nitrogens with zero attached hydrogens (tertiary/aromatic N) is 1. The first kappa shape index (κ1) is 13.5. The van der Waals surface area contributed by atoms with Crippen LogP contribution in [-0.2, 0) is 4.74 Å². The van der Waals surface area contributed by atoms with Gasteiger partial charge in [-0.2, -0.15) is 0 Å². The molecule has 2 rings (SSSR count). The predicted octanol–water partition coefficient (Wildman–Crippen LogP) is 3.80. The molecule has 0 unspecified atom stereocenters. The lowest BCUT2D eigenvalue weighted by Crippen LogP contribution is -2.05. The number of methoxy groups -OCH3 is 1. The number of aromatic nitrogens is 1. The molecular formula is C14H16N2O2S. The number of thiazole rings is 1. The Hall–Kier alpha value is -1.88. The van der Waals surface area contributed by atoms with E-state index in [1.165, 1.54) is 18.4 Å². The Morgan fingerprint density at radius 3 is 2.58 bits per heavy atom. The number of carbonyl (C=O) groups excluding carboxylic acids is 1. The maximum Gasteiger partial charge on any atom is 0.357 e. The van der Waals surface area contributed by atoms with Crippen molar-refractivity contribution < 1.29 is 9.53 Å². The molecule has 0 atom stereocenters. The molecule has 0 fully saturated rings. The Kier molecular flexibility index (Phi) is 4.16. The van der Waals surface area contributed by atoms with Crippen molar-refractivity contribution in [2.75, 3.05) is 12.4 Å². The van der Waals surface area contributed by atoms with Crippen LogP contribution in [0.4, 0.5) is 10.8 Å². The van der Waals surface area contributed by atoms with Gasteiger partial charge in [0.25, 0.3) is 0 Å². The third-order valence-electron chi connectivity index (χ3n) is 2.58. The molecular weight excluding hydrogens is 260 g/mol. The fourth-order valence-electron chi connectivity index (χ4n) is 1.66. The van der Waals surface area contributed by atoms with Crippen molar-refractivity contribution >= 4 is 28.1 Å². The minimum Gasteiger partial charge on any atom is -0.464 e. The molecule has 0 aliphatic rings. The summed E-state index contributed by atoms with van der Waals surface area (Å²) in [5.41, 5.74) is 1.35. The van der Waals surface area contributed by atoms with Crippen molar-refractivity contribution in [1.82, 2.24) is 4.98 Å². The van der Waals surface area contributed by atoms with Crippen LogP contribution in [0.2, 0.25) is 0 Å². The normalized spacial score (nSPS) is 10.5. The van der Waals surface area contributed by atoms with E-state index in [0.29, 0.717) is 10.8 Å². The number of benzene rings is 1. The van der Waals surface area contributed by atoms with Crippen LogP contribution in [0.15, 0.2) is 30.3 Å². The molecule has 0 radical (unpaired) electrons. The molecule has 0 aliphatic carbocycles.